The summed E-state index contributed by atoms with van der Waals surface area (Å²) in [5.74, 6) is -6.46. The second-order valence-corrected chi connectivity index (χ2v) is 24.6. The van der Waals surface area contributed by atoms with E-state index in [9.17, 15) is 33.6 Å². The summed E-state index contributed by atoms with van der Waals surface area (Å²) >= 11 is 0. The van der Waals surface area contributed by atoms with Crippen LogP contribution in [0.25, 0.3) is 0 Å². The molecule has 1 aliphatic carbocycles. The van der Waals surface area contributed by atoms with Crippen LogP contribution in [0.1, 0.15) is 175 Å². The average molecular weight is 1120 g/mol. The minimum absolute atomic E-state index is 0.0648. The summed E-state index contributed by atoms with van der Waals surface area (Å²) in [6.45, 7) is 19.8. The molecule has 4 rings (SSSR count). The Balaban J connectivity index is 1.84. The van der Waals surface area contributed by atoms with Crippen molar-refractivity contribution < 1.29 is 57.3 Å². The summed E-state index contributed by atoms with van der Waals surface area (Å²) in [4.78, 5) is 122. The first-order chi connectivity index (χ1) is 37.7. The van der Waals surface area contributed by atoms with Gasteiger partial charge in [-0.15, -0.1) is 0 Å². The van der Waals surface area contributed by atoms with Crippen molar-refractivity contribution in [2.45, 2.75) is 227 Å². The highest BCUT2D eigenvalue weighted by atomic mass is 16.6. The highest BCUT2D eigenvalue weighted by Crippen LogP contribution is 2.28. The molecule has 0 radical (unpaired) electrons. The van der Waals surface area contributed by atoms with E-state index >= 15 is 4.79 Å². The van der Waals surface area contributed by atoms with Gasteiger partial charge in [0, 0.05) is 41.0 Å². The molecule has 0 bridgehead atoms. The molecule has 1 saturated heterocycles. The maximum absolute atomic E-state index is 15.1. The molecule has 16 nitrogen and oxygen atoms in total. The topological polar surface area (TPSA) is 186 Å². The highest BCUT2D eigenvalue weighted by Gasteiger charge is 2.43. The smallest absolute Gasteiger partial charge is 0.329 e. The number of rotatable bonds is 15. The highest BCUT2D eigenvalue weighted by molar-refractivity contribution is 5.94. The van der Waals surface area contributed by atoms with Crippen molar-refractivity contribution in [1.82, 2.24) is 19.6 Å². The van der Waals surface area contributed by atoms with Gasteiger partial charge in [0.25, 0.3) is 23.6 Å². The number of esters is 4. The van der Waals surface area contributed by atoms with E-state index in [2.05, 4.69) is 12.1 Å². The number of amides is 4. The standard InChI is InChI=1S/C64H98N4O12/c1-16-46-25-27-49(28-26-46)38-55-59(71)67(14)51(33-40(2)3)61(73)77-45(11)58(70)66(13)54(36-43(8)9)64(76)80-56(39-50-31-29-48(30-32-50)37-47-23-21-19-17-18-20-22-24-47)60(72)68(15)52(34-41(4)5)62(74)78-44(10)57(69)65(12)53(35-42(6)7)63(75)79-55/h25-32,40-45,47,51-56H,16-24,33-39H2,1-15H3/t44-,45-,51+,52+,53+,54+,55-,56-/m1/s1. The van der Waals surface area contributed by atoms with Crippen molar-refractivity contribution in [1.29, 1.82) is 0 Å². The van der Waals surface area contributed by atoms with Gasteiger partial charge in [-0.2, -0.15) is 0 Å². The molecule has 2 aliphatic rings. The third-order valence-electron chi connectivity index (χ3n) is 15.8. The number of nitrogens with zero attached hydrogens (tertiary/aromatic N) is 4. The van der Waals surface area contributed by atoms with Gasteiger partial charge in [0.2, 0.25) is 0 Å². The Morgan fingerprint density at radius 1 is 0.388 bits per heavy atom. The van der Waals surface area contributed by atoms with E-state index in [0.29, 0.717) is 17.0 Å². The lowest BCUT2D eigenvalue weighted by atomic mass is 9.90. The third kappa shape index (κ3) is 20.0. The Morgan fingerprint density at radius 2 is 0.650 bits per heavy atom. The minimum Gasteiger partial charge on any atom is -0.451 e. The number of likely N-dealkylation sites (N-methyl/N-ethyl adjacent to an activating group) is 4. The quantitative estimate of drug-likeness (QED) is 0.122. The van der Waals surface area contributed by atoms with Crippen LogP contribution in [0.3, 0.4) is 0 Å². The van der Waals surface area contributed by atoms with E-state index in [4.69, 9.17) is 18.9 Å². The summed E-state index contributed by atoms with van der Waals surface area (Å²) < 4.78 is 24.3. The fourth-order valence-electron chi connectivity index (χ4n) is 10.9. The molecular weight excluding hydrogens is 1020 g/mol. The Hall–Kier alpha value is -5.80. The Bertz CT molecular complexity index is 2320. The number of carbonyl (C=O) groups excluding carboxylic acids is 8. The zero-order valence-corrected chi connectivity index (χ0v) is 51.1. The maximum Gasteiger partial charge on any atom is 0.329 e. The number of cyclic esters (lactones) is 4. The molecule has 8 atom stereocenters. The lowest BCUT2D eigenvalue weighted by molar-refractivity contribution is -0.176. The summed E-state index contributed by atoms with van der Waals surface area (Å²) in [5.41, 5.74) is 3.60. The van der Waals surface area contributed by atoms with E-state index < -0.39 is 96.1 Å². The lowest BCUT2D eigenvalue weighted by Gasteiger charge is -2.35. The molecule has 4 amide bonds. The number of ether oxygens (including phenoxy) is 4. The van der Waals surface area contributed by atoms with E-state index in [1.807, 2.05) is 98.7 Å². The fraction of sp³-hybridized carbons (Fsp3) is 0.688. The van der Waals surface area contributed by atoms with Gasteiger partial charge in [-0.3, -0.25) is 19.2 Å². The van der Waals surface area contributed by atoms with Gasteiger partial charge >= 0.3 is 23.9 Å². The Labute approximate surface area is 478 Å². The summed E-state index contributed by atoms with van der Waals surface area (Å²) in [5, 5.41) is 0. The average Bonchev–Trinajstić information content (AvgIpc) is 3.54. The largest absolute Gasteiger partial charge is 0.451 e. The van der Waals surface area contributed by atoms with Crippen molar-refractivity contribution in [3.63, 3.8) is 0 Å². The summed E-state index contributed by atoms with van der Waals surface area (Å²) in [6, 6.07) is 10.5. The van der Waals surface area contributed by atoms with E-state index in [-0.39, 0.29) is 62.2 Å². The maximum atomic E-state index is 15.1. The van der Waals surface area contributed by atoms with E-state index in [0.717, 1.165) is 23.3 Å². The van der Waals surface area contributed by atoms with Gasteiger partial charge in [0.1, 0.15) is 24.2 Å². The molecular formula is C64H98N4O12. The van der Waals surface area contributed by atoms with Crippen molar-refractivity contribution in [3.8, 4) is 0 Å². The van der Waals surface area contributed by atoms with Crippen LogP contribution in [0.4, 0.5) is 0 Å². The predicted octanol–water partition coefficient (Wildman–Crippen LogP) is 9.52. The van der Waals surface area contributed by atoms with Crippen LogP contribution in [0.2, 0.25) is 0 Å². The number of benzene rings is 2. The van der Waals surface area contributed by atoms with E-state index in [1.165, 1.54) is 114 Å². The van der Waals surface area contributed by atoms with Gasteiger partial charge < -0.3 is 38.5 Å². The van der Waals surface area contributed by atoms with Crippen molar-refractivity contribution >= 4 is 47.5 Å². The molecule has 0 spiro atoms. The van der Waals surface area contributed by atoms with Gasteiger partial charge in [0.15, 0.2) is 24.4 Å². The molecule has 0 aromatic heterocycles. The van der Waals surface area contributed by atoms with Gasteiger partial charge in [-0.05, 0) is 104 Å². The van der Waals surface area contributed by atoms with Crippen molar-refractivity contribution in [3.05, 3.63) is 70.8 Å². The SMILES string of the molecule is CCc1ccc(C[C@H]2OC(=O)[C@H](CC(C)C)N(C)C(=O)[C@@H](C)OC(=O)[C@H](CC(C)C)N(C)C(=O)[C@@H](Cc3ccc(CC4CCCCCCCC4)cc3)OC(=O)[C@H](CC(C)C)N(C)C(=O)[C@@H](C)OC(=O)[C@H](CC(C)C)N(C)C2=O)cc1. The molecule has 80 heavy (non-hydrogen) atoms. The molecule has 16 heteroatoms. The van der Waals surface area contributed by atoms with Crippen LogP contribution < -0.4 is 0 Å². The zero-order chi connectivity index (χ0) is 59.5. The Morgan fingerprint density at radius 3 is 0.950 bits per heavy atom. The molecule has 446 valence electrons. The summed E-state index contributed by atoms with van der Waals surface area (Å²) in [6.07, 6.45) is 6.03. The van der Waals surface area contributed by atoms with E-state index in [1.54, 1.807) is 0 Å². The first-order valence-corrected chi connectivity index (χ1v) is 29.8. The second-order valence-electron chi connectivity index (χ2n) is 24.6. The molecule has 0 unspecified atom stereocenters. The molecule has 2 aromatic rings. The molecule has 2 aromatic carbocycles. The molecule has 1 saturated carbocycles. The van der Waals surface area contributed by atoms with Crippen molar-refractivity contribution in [2.24, 2.45) is 29.6 Å². The first kappa shape index (κ1) is 66.7. The van der Waals surface area contributed by atoms with Crippen LogP contribution in [0.5, 0.6) is 0 Å². The summed E-state index contributed by atoms with van der Waals surface area (Å²) in [7, 11) is 5.68. The number of carbonyl (C=O) groups is 8. The lowest BCUT2D eigenvalue weighted by Crippen LogP contribution is -2.55. The molecule has 1 aliphatic heterocycles. The molecule has 1 heterocycles. The molecule has 2 fully saturated rings. The zero-order valence-electron chi connectivity index (χ0n) is 51.1. The van der Waals surface area contributed by atoms with Crippen LogP contribution >= 0.6 is 0 Å². The number of aryl methyl sites for hydroxylation is 1. The predicted molar refractivity (Wildman–Crippen MR) is 309 cm³/mol. The van der Waals surface area contributed by atoms with Gasteiger partial charge in [-0.1, -0.05) is 162 Å². The number of hydrogen-bond donors (Lipinski definition) is 0. The first-order valence-electron chi connectivity index (χ1n) is 29.8. The fourth-order valence-corrected chi connectivity index (χ4v) is 10.9. The Kier molecular flexibility index (Phi) is 26.7. The third-order valence-corrected chi connectivity index (χ3v) is 15.8. The molecule has 0 N–H and O–H groups in total. The number of hydrogen-bond acceptors (Lipinski definition) is 12. The van der Waals surface area contributed by atoms with Gasteiger partial charge in [0.05, 0.1) is 0 Å². The van der Waals surface area contributed by atoms with Crippen LogP contribution in [-0.2, 0) is 83.0 Å². The second kappa shape index (κ2) is 32.0. The van der Waals surface area contributed by atoms with Crippen LogP contribution in [0, 0.1) is 29.6 Å². The normalized spacial score (nSPS) is 25.1. The van der Waals surface area contributed by atoms with Crippen molar-refractivity contribution in [2.75, 3.05) is 28.2 Å². The minimum atomic E-state index is -1.48. The van der Waals surface area contributed by atoms with Gasteiger partial charge in [-0.25, -0.2) is 19.2 Å². The van der Waals surface area contributed by atoms with Crippen LogP contribution in [0.15, 0.2) is 48.5 Å². The van der Waals surface area contributed by atoms with Crippen LogP contribution in [-0.4, -0.2) is 144 Å². The monoisotopic (exact) mass is 1110 g/mol.